The van der Waals surface area contributed by atoms with Crippen LogP contribution in [0.3, 0.4) is 0 Å². The standard InChI is InChI=1S/C10H22N2O2/c1-9(10(13)14-4)8-12(3)7-5-6-11-2/h9,11H,5-8H2,1-4H3. The Morgan fingerprint density at radius 1 is 1.57 bits per heavy atom. The fourth-order valence-corrected chi connectivity index (χ4v) is 1.36. The van der Waals surface area contributed by atoms with Crippen molar-refractivity contribution < 1.29 is 9.53 Å². The van der Waals surface area contributed by atoms with Crippen molar-refractivity contribution in [2.45, 2.75) is 13.3 Å². The Bertz CT molecular complexity index is 162. The molecule has 0 saturated heterocycles. The number of esters is 1. The van der Waals surface area contributed by atoms with Crippen LogP contribution in [-0.4, -0.2) is 51.7 Å². The minimum absolute atomic E-state index is 0.0421. The molecule has 1 unspecified atom stereocenters. The molecular formula is C10H22N2O2. The van der Waals surface area contributed by atoms with Crippen molar-refractivity contribution in [1.29, 1.82) is 0 Å². The number of carbonyl (C=O) groups is 1. The van der Waals surface area contributed by atoms with Crippen molar-refractivity contribution in [3.63, 3.8) is 0 Å². The van der Waals surface area contributed by atoms with Gasteiger partial charge in [-0.25, -0.2) is 0 Å². The highest BCUT2D eigenvalue weighted by Crippen LogP contribution is 2.00. The molecule has 0 aromatic rings. The van der Waals surface area contributed by atoms with Crippen LogP contribution in [0.1, 0.15) is 13.3 Å². The summed E-state index contributed by atoms with van der Waals surface area (Å²) in [7, 11) is 5.39. The second-order valence-electron chi connectivity index (χ2n) is 3.64. The molecule has 0 aromatic carbocycles. The van der Waals surface area contributed by atoms with Crippen LogP contribution in [0, 0.1) is 5.92 Å². The number of nitrogens with zero attached hydrogens (tertiary/aromatic N) is 1. The summed E-state index contributed by atoms with van der Waals surface area (Å²) in [5.74, 6) is -0.176. The van der Waals surface area contributed by atoms with Gasteiger partial charge < -0.3 is 15.0 Å². The number of hydrogen-bond acceptors (Lipinski definition) is 4. The summed E-state index contributed by atoms with van der Waals surface area (Å²) in [6.07, 6.45) is 1.10. The Morgan fingerprint density at radius 3 is 2.71 bits per heavy atom. The molecule has 0 aliphatic rings. The zero-order chi connectivity index (χ0) is 11.0. The zero-order valence-electron chi connectivity index (χ0n) is 9.67. The molecule has 14 heavy (non-hydrogen) atoms. The van der Waals surface area contributed by atoms with Crippen LogP contribution >= 0.6 is 0 Å². The van der Waals surface area contributed by atoms with Gasteiger partial charge >= 0.3 is 5.97 Å². The van der Waals surface area contributed by atoms with Gasteiger partial charge in [0.25, 0.3) is 0 Å². The predicted octanol–water partition coefficient (Wildman–Crippen LogP) is 0.337. The highest BCUT2D eigenvalue weighted by molar-refractivity contribution is 5.71. The third-order valence-corrected chi connectivity index (χ3v) is 2.16. The van der Waals surface area contributed by atoms with Gasteiger partial charge in [0.05, 0.1) is 13.0 Å². The van der Waals surface area contributed by atoms with E-state index in [-0.39, 0.29) is 11.9 Å². The number of rotatable bonds is 7. The molecule has 1 N–H and O–H groups in total. The van der Waals surface area contributed by atoms with E-state index in [1.807, 2.05) is 21.0 Å². The molecule has 0 aromatic heterocycles. The monoisotopic (exact) mass is 202 g/mol. The Hall–Kier alpha value is -0.610. The Balaban J connectivity index is 3.59. The fourth-order valence-electron chi connectivity index (χ4n) is 1.36. The van der Waals surface area contributed by atoms with Crippen molar-refractivity contribution in [2.24, 2.45) is 5.92 Å². The SMILES string of the molecule is CNCCCN(C)CC(C)C(=O)OC. The summed E-state index contributed by atoms with van der Waals surface area (Å²) in [5.41, 5.74) is 0. The van der Waals surface area contributed by atoms with E-state index in [0.29, 0.717) is 0 Å². The molecule has 0 radical (unpaired) electrons. The number of hydrogen-bond donors (Lipinski definition) is 1. The fraction of sp³-hybridized carbons (Fsp3) is 0.900. The van der Waals surface area contributed by atoms with Gasteiger partial charge in [0.1, 0.15) is 0 Å². The van der Waals surface area contributed by atoms with E-state index in [4.69, 9.17) is 0 Å². The van der Waals surface area contributed by atoms with Crippen molar-refractivity contribution >= 4 is 5.97 Å². The van der Waals surface area contributed by atoms with Crippen LogP contribution in [0.2, 0.25) is 0 Å². The summed E-state index contributed by atoms with van der Waals surface area (Å²) in [4.78, 5) is 13.3. The molecule has 0 saturated carbocycles. The molecular weight excluding hydrogens is 180 g/mol. The number of methoxy groups -OCH3 is 1. The van der Waals surface area contributed by atoms with Crippen LogP contribution < -0.4 is 5.32 Å². The molecule has 0 heterocycles. The van der Waals surface area contributed by atoms with Gasteiger partial charge in [0.2, 0.25) is 0 Å². The molecule has 4 heteroatoms. The number of nitrogens with one attached hydrogen (secondary N) is 1. The zero-order valence-corrected chi connectivity index (χ0v) is 9.67. The average Bonchev–Trinajstić information content (AvgIpc) is 2.16. The Morgan fingerprint density at radius 2 is 2.21 bits per heavy atom. The third-order valence-electron chi connectivity index (χ3n) is 2.16. The second kappa shape index (κ2) is 7.76. The summed E-state index contributed by atoms with van der Waals surface area (Å²) >= 11 is 0. The van der Waals surface area contributed by atoms with E-state index in [0.717, 1.165) is 26.1 Å². The first-order valence-corrected chi connectivity index (χ1v) is 5.02. The van der Waals surface area contributed by atoms with E-state index < -0.39 is 0 Å². The Labute approximate surface area is 86.6 Å². The van der Waals surface area contributed by atoms with Crippen molar-refractivity contribution in [3.8, 4) is 0 Å². The summed E-state index contributed by atoms with van der Waals surface area (Å²) in [6, 6.07) is 0. The molecule has 0 bridgehead atoms. The van der Waals surface area contributed by atoms with Gasteiger partial charge in [-0.05, 0) is 33.6 Å². The van der Waals surface area contributed by atoms with Crippen LogP contribution in [0.25, 0.3) is 0 Å². The van der Waals surface area contributed by atoms with Gasteiger partial charge in [-0.3, -0.25) is 4.79 Å². The molecule has 84 valence electrons. The normalized spacial score (nSPS) is 12.9. The predicted molar refractivity (Wildman–Crippen MR) is 57.2 cm³/mol. The lowest BCUT2D eigenvalue weighted by atomic mass is 10.2. The number of carbonyl (C=O) groups excluding carboxylic acids is 1. The first kappa shape index (κ1) is 13.4. The topological polar surface area (TPSA) is 41.6 Å². The van der Waals surface area contributed by atoms with Gasteiger partial charge in [-0.2, -0.15) is 0 Å². The summed E-state index contributed by atoms with van der Waals surface area (Å²) < 4.78 is 4.66. The van der Waals surface area contributed by atoms with E-state index in [1.54, 1.807) is 0 Å². The molecule has 0 aliphatic heterocycles. The van der Waals surface area contributed by atoms with Crippen LogP contribution in [-0.2, 0) is 9.53 Å². The summed E-state index contributed by atoms with van der Waals surface area (Å²) in [6.45, 7) is 4.66. The van der Waals surface area contributed by atoms with E-state index in [1.165, 1.54) is 7.11 Å². The van der Waals surface area contributed by atoms with Gasteiger partial charge in [0, 0.05) is 6.54 Å². The molecule has 0 spiro atoms. The quantitative estimate of drug-likeness (QED) is 0.477. The largest absolute Gasteiger partial charge is 0.469 e. The Kier molecular flexibility index (Phi) is 7.42. The van der Waals surface area contributed by atoms with E-state index >= 15 is 0 Å². The highest BCUT2D eigenvalue weighted by Gasteiger charge is 2.14. The van der Waals surface area contributed by atoms with Crippen molar-refractivity contribution in [2.75, 3.05) is 40.8 Å². The minimum Gasteiger partial charge on any atom is -0.469 e. The molecule has 0 fully saturated rings. The molecule has 0 rings (SSSR count). The van der Waals surface area contributed by atoms with Crippen LogP contribution in [0.4, 0.5) is 0 Å². The van der Waals surface area contributed by atoms with Crippen molar-refractivity contribution in [1.82, 2.24) is 10.2 Å². The molecule has 4 nitrogen and oxygen atoms in total. The third kappa shape index (κ3) is 5.94. The van der Waals surface area contributed by atoms with Crippen molar-refractivity contribution in [3.05, 3.63) is 0 Å². The highest BCUT2D eigenvalue weighted by atomic mass is 16.5. The van der Waals surface area contributed by atoms with Crippen LogP contribution in [0.5, 0.6) is 0 Å². The maximum Gasteiger partial charge on any atom is 0.309 e. The summed E-state index contributed by atoms with van der Waals surface area (Å²) in [5, 5.41) is 3.09. The van der Waals surface area contributed by atoms with E-state index in [2.05, 4.69) is 15.0 Å². The molecule has 0 amide bonds. The first-order chi connectivity index (χ1) is 6.61. The molecule has 0 aliphatic carbocycles. The molecule has 1 atom stereocenters. The van der Waals surface area contributed by atoms with Crippen LogP contribution in [0.15, 0.2) is 0 Å². The maximum absolute atomic E-state index is 11.1. The lowest BCUT2D eigenvalue weighted by molar-refractivity contribution is -0.145. The number of ether oxygens (including phenoxy) is 1. The van der Waals surface area contributed by atoms with Gasteiger partial charge in [0.15, 0.2) is 0 Å². The minimum atomic E-state index is -0.134. The smallest absolute Gasteiger partial charge is 0.309 e. The second-order valence-corrected chi connectivity index (χ2v) is 3.64. The van der Waals surface area contributed by atoms with Gasteiger partial charge in [-0.15, -0.1) is 0 Å². The maximum atomic E-state index is 11.1. The average molecular weight is 202 g/mol. The first-order valence-electron chi connectivity index (χ1n) is 5.02. The van der Waals surface area contributed by atoms with E-state index in [9.17, 15) is 4.79 Å². The lowest BCUT2D eigenvalue weighted by Gasteiger charge is -2.19. The lowest BCUT2D eigenvalue weighted by Crippen LogP contribution is -2.31. The van der Waals surface area contributed by atoms with Gasteiger partial charge in [-0.1, -0.05) is 6.92 Å².